The molecule has 1 aliphatic carbocycles. The monoisotopic (exact) mass is 420 g/mol. The van der Waals surface area contributed by atoms with Crippen LogP contribution >= 0.6 is 0 Å². The van der Waals surface area contributed by atoms with Crippen molar-refractivity contribution in [3.63, 3.8) is 0 Å². The SMILES string of the molecule is NC(=O)c1cnc(NC2CCCCC2N)nc1Nc1cccc(-c2cccc(F)c2)c1. The van der Waals surface area contributed by atoms with Gasteiger partial charge in [-0.25, -0.2) is 9.37 Å². The molecule has 2 atom stereocenters. The molecule has 2 unspecified atom stereocenters. The summed E-state index contributed by atoms with van der Waals surface area (Å²) in [5.41, 5.74) is 14.2. The molecule has 1 fully saturated rings. The van der Waals surface area contributed by atoms with Gasteiger partial charge in [-0.1, -0.05) is 37.1 Å². The van der Waals surface area contributed by atoms with Crippen LogP contribution in [0, 0.1) is 5.82 Å². The number of rotatable bonds is 6. The van der Waals surface area contributed by atoms with Crippen molar-refractivity contribution in [3.05, 3.63) is 66.1 Å². The van der Waals surface area contributed by atoms with Crippen LogP contribution in [0.4, 0.5) is 21.8 Å². The van der Waals surface area contributed by atoms with Crippen molar-refractivity contribution < 1.29 is 9.18 Å². The number of benzene rings is 2. The summed E-state index contributed by atoms with van der Waals surface area (Å²) in [6, 6.07) is 13.9. The lowest BCUT2D eigenvalue weighted by Gasteiger charge is -2.29. The molecular formula is C23H25FN6O. The Balaban J connectivity index is 1.61. The third-order valence-electron chi connectivity index (χ3n) is 5.47. The molecule has 0 bridgehead atoms. The first-order valence-electron chi connectivity index (χ1n) is 10.3. The van der Waals surface area contributed by atoms with E-state index >= 15 is 0 Å². The fourth-order valence-corrected chi connectivity index (χ4v) is 3.81. The molecule has 31 heavy (non-hydrogen) atoms. The first-order chi connectivity index (χ1) is 15.0. The largest absolute Gasteiger partial charge is 0.365 e. The predicted molar refractivity (Wildman–Crippen MR) is 120 cm³/mol. The predicted octanol–water partition coefficient (Wildman–Crippen LogP) is 3.81. The maximum absolute atomic E-state index is 13.6. The Kier molecular flexibility index (Phi) is 6.08. The average molecular weight is 420 g/mol. The molecule has 0 aliphatic heterocycles. The minimum atomic E-state index is -0.635. The van der Waals surface area contributed by atoms with Gasteiger partial charge in [0.2, 0.25) is 5.95 Å². The summed E-state index contributed by atoms with van der Waals surface area (Å²) in [5, 5.41) is 6.44. The van der Waals surface area contributed by atoms with E-state index < -0.39 is 5.91 Å². The number of hydrogen-bond acceptors (Lipinski definition) is 6. The second-order valence-electron chi connectivity index (χ2n) is 7.74. The Morgan fingerprint density at radius 1 is 1.06 bits per heavy atom. The highest BCUT2D eigenvalue weighted by Gasteiger charge is 2.23. The Hall–Kier alpha value is -3.52. The molecule has 2 aromatic carbocycles. The van der Waals surface area contributed by atoms with Crippen LogP contribution < -0.4 is 22.1 Å². The van der Waals surface area contributed by atoms with Gasteiger partial charge in [-0.2, -0.15) is 4.98 Å². The number of nitrogens with two attached hydrogens (primary N) is 2. The summed E-state index contributed by atoms with van der Waals surface area (Å²) in [6.07, 6.45) is 5.53. The third-order valence-corrected chi connectivity index (χ3v) is 5.47. The second-order valence-corrected chi connectivity index (χ2v) is 7.74. The minimum absolute atomic E-state index is 0.0347. The fraction of sp³-hybridized carbons (Fsp3) is 0.261. The van der Waals surface area contributed by atoms with Crippen LogP contribution in [0.5, 0.6) is 0 Å². The van der Waals surface area contributed by atoms with Crippen molar-refractivity contribution in [2.75, 3.05) is 10.6 Å². The minimum Gasteiger partial charge on any atom is -0.365 e. The van der Waals surface area contributed by atoms with E-state index in [2.05, 4.69) is 20.6 Å². The van der Waals surface area contributed by atoms with Crippen LogP contribution in [0.1, 0.15) is 36.0 Å². The van der Waals surface area contributed by atoms with Gasteiger partial charge >= 0.3 is 0 Å². The average Bonchev–Trinajstić information content (AvgIpc) is 2.75. The van der Waals surface area contributed by atoms with E-state index in [1.165, 1.54) is 18.3 Å². The number of nitrogens with one attached hydrogen (secondary N) is 2. The van der Waals surface area contributed by atoms with Gasteiger partial charge in [-0.05, 0) is 48.2 Å². The van der Waals surface area contributed by atoms with Gasteiger partial charge in [0, 0.05) is 24.0 Å². The van der Waals surface area contributed by atoms with Gasteiger partial charge in [0.1, 0.15) is 17.2 Å². The molecule has 0 saturated heterocycles. The van der Waals surface area contributed by atoms with Gasteiger partial charge in [0.05, 0.1) is 0 Å². The maximum Gasteiger partial charge on any atom is 0.254 e. The lowest BCUT2D eigenvalue weighted by atomic mass is 9.91. The summed E-state index contributed by atoms with van der Waals surface area (Å²) in [4.78, 5) is 20.6. The number of primary amides is 1. The number of carbonyl (C=O) groups excluding carboxylic acids is 1. The summed E-state index contributed by atoms with van der Waals surface area (Å²) >= 11 is 0. The van der Waals surface area contributed by atoms with Crippen molar-refractivity contribution in [2.24, 2.45) is 11.5 Å². The molecule has 160 valence electrons. The number of halogens is 1. The van der Waals surface area contributed by atoms with Gasteiger partial charge in [-0.15, -0.1) is 0 Å². The Bertz CT molecular complexity index is 1090. The van der Waals surface area contributed by atoms with Crippen LogP contribution in [0.25, 0.3) is 11.1 Å². The van der Waals surface area contributed by atoms with Crippen molar-refractivity contribution in [1.29, 1.82) is 0 Å². The summed E-state index contributed by atoms with van der Waals surface area (Å²) in [5.74, 6) is -0.258. The summed E-state index contributed by atoms with van der Waals surface area (Å²) in [6.45, 7) is 0. The van der Waals surface area contributed by atoms with Crippen LogP contribution in [0.15, 0.2) is 54.7 Å². The van der Waals surface area contributed by atoms with E-state index in [0.717, 1.165) is 36.8 Å². The molecule has 7 nitrogen and oxygen atoms in total. The number of hydrogen-bond donors (Lipinski definition) is 4. The molecule has 1 saturated carbocycles. The highest BCUT2D eigenvalue weighted by atomic mass is 19.1. The molecule has 0 spiro atoms. The van der Waals surface area contributed by atoms with Gasteiger partial charge in [0.25, 0.3) is 5.91 Å². The summed E-state index contributed by atoms with van der Waals surface area (Å²) < 4.78 is 13.6. The number of carbonyl (C=O) groups is 1. The molecule has 1 aromatic heterocycles. The van der Waals surface area contributed by atoms with Crippen molar-refractivity contribution in [2.45, 2.75) is 37.8 Å². The number of anilines is 3. The van der Waals surface area contributed by atoms with E-state index in [4.69, 9.17) is 11.5 Å². The van der Waals surface area contributed by atoms with Crippen LogP contribution in [-0.4, -0.2) is 28.0 Å². The lowest BCUT2D eigenvalue weighted by Crippen LogP contribution is -2.43. The Labute approximate surface area is 180 Å². The fourth-order valence-electron chi connectivity index (χ4n) is 3.81. The first kappa shape index (κ1) is 20.7. The van der Waals surface area contributed by atoms with Crippen molar-refractivity contribution in [3.8, 4) is 11.1 Å². The second kappa shape index (κ2) is 9.09. The molecule has 1 amide bonds. The van der Waals surface area contributed by atoms with E-state index in [1.54, 1.807) is 6.07 Å². The van der Waals surface area contributed by atoms with Gasteiger partial charge in [0.15, 0.2) is 0 Å². The maximum atomic E-state index is 13.6. The first-order valence-corrected chi connectivity index (χ1v) is 10.3. The molecular weight excluding hydrogens is 395 g/mol. The van der Waals surface area contributed by atoms with E-state index in [-0.39, 0.29) is 23.5 Å². The molecule has 1 heterocycles. The quantitative estimate of drug-likeness (QED) is 0.482. The van der Waals surface area contributed by atoms with Gasteiger partial charge in [-0.3, -0.25) is 4.79 Å². The molecule has 0 radical (unpaired) electrons. The highest BCUT2D eigenvalue weighted by molar-refractivity contribution is 5.98. The van der Waals surface area contributed by atoms with E-state index in [1.807, 2.05) is 30.3 Å². The standard InChI is InChI=1S/C23H25FN6O/c24-16-7-3-5-14(11-16)15-6-4-8-17(12-15)28-22-18(21(26)31)13-27-23(30-22)29-20-10-2-1-9-19(20)25/h3-8,11-13,19-20H,1-2,9-10,25H2,(H2,26,31)(H2,27,28,29,30). The zero-order valence-electron chi connectivity index (χ0n) is 17.0. The number of aromatic nitrogens is 2. The molecule has 1 aliphatic rings. The van der Waals surface area contributed by atoms with E-state index in [9.17, 15) is 9.18 Å². The Morgan fingerprint density at radius 2 is 1.81 bits per heavy atom. The normalized spacial score (nSPS) is 18.4. The van der Waals surface area contributed by atoms with Crippen LogP contribution in [-0.2, 0) is 0 Å². The van der Waals surface area contributed by atoms with Crippen LogP contribution in [0.3, 0.4) is 0 Å². The Morgan fingerprint density at radius 3 is 2.55 bits per heavy atom. The lowest BCUT2D eigenvalue weighted by molar-refractivity contribution is 0.100. The molecule has 3 aromatic rings. The summed E-state index contributed by atoms with van der Waals surface area (Å²) in [7, 11) is 0. The zero-order chi connectivity index (χ0) is 21.8. The molecule has 8 heteroatoms. The number of amides is 1. The van der Waals surface area contributed by atoms with Crippen LogP contribution in [0.2, 0.25) is 0 Å². The molecule has 6 N–H and O–H groups in total. The highest BCUT2D eigenvalue weighted by Crippen LogP contribution is 2.27. The smallest absolute Gasteiger partial charge is 0.254 e. The van der Waals surface area contributed by atoms with Gasteiger partial charge < -0.3 is 22.1 Å². The van der Waals surface area contributed by atoms with Crippen molar-refractivity contribution in [1.82, 2.24) is 9.97 Å². The van der Waals surface area contributed by atoms with Crippen molar-refractivity contribution >= 4 is 23.4 Å². The number of nitrogens with zero attached hydrogens (tertiary/aromatic N) is 2. The zero-order valence-corrected chi connectivity index (χ0v) is 17.0. The molecule has 4 rings (SSSR count). The third kappa shape index (κ3) is 4.97. The topological polar surface area (TPSA) is 119 Å². The van der Waals surface area contributed by atoms with E-state index in [0.29, 0.717) is 17.5 Å².